The number of hydrogen-bond acceptors (Lipinski definition) is 4. The van der Waals surface area contributed by atoms with Crippen molar-refractivity contribution < 1.29 is 14.6 Å². The molecule has 0 aliphatic heterocycles. The zero-order chi connectivity index (χ0) is 11.6. The Kier molecular flexibility index (Phi) is 6.32. The van der Waals surface area contributed by atoms with Crippen molar-refractivity contribution >= 4 is 50.2 Å². The van der Waals surface area contributed by atoms with Crippen molar-refractivity contribution in [3.05, 3.63) is 26.6 Å². The summed E-state index contributed by atoms with van der Waals surface area (Å²) in [6.07, 6.45) is 0. The largest absolute Gasteiger partial charge is 0.506 e. The molecular weight excluding hydrogens is 365 g/mol. The van der Waals surface area contributed by atoms with Crippen LogP contribution >= 0.6 is 44.3 Å². The van der Waals surface area contributed by atoms with E-state index in [1.807, 2.05) is 0 Å². The smallest absolute Gasteiger partial charge is 0.327 e. The molecule has 0 heterocycles. The predicted molar refractivity (Wildman–Crippen MR) is 69.7 cm³/mol. The van der Waals surface area contributed by atoms with Gasteiger partial charge in [-0.1, -0.05) is 0 Å². The second-order valence-electron chi connectivity index (χ2n) is 2.83. The van der Waals surface area contributed by atoms with Crippen molar-refractivity contribution in [2.24, 2.45) is 5.73 Å². The van der Waals surface area contributed by atoms with Gasteiger partial charge in [-0.05, 0) is 49.6 Å². The molecule has 0 saturated heterocycles. The van der Waals surface area contributed by atoms with Crippen LogP contribution in [0.3, 0.4) is 0 Å². The Morgan fingerprint density at radius 1 is 1.44 bits per heavy atom. The molecule has 0 aromatic heterocycles. The minimum absolute atomic E-state index is 0. The van der Waals surface area contributed by atoms with E-state index in [9.17, 15) is 9.90 Å². The number of aromatic hydroxyl groups is 1. The molecule has 0 saturated carbocycles. The summed E-state index contributed by atoms with van der Waals surface area (Å²) in [6.45, 7) is 0. The van der Waals surface area contributed by atoms with Gasteiger partial charge in [0.15, 0.2) is 0 Å². The summed E-state index contributed by atoms with van der Waals surface area (Å²) in [5.41, 5.74) is 6.19. The van der Waals surface area contributed by atoms with Gasteiger partial charge in [0.1, 0.15) is 11.8 Å². The van der Waals surface area contributed by atoms with Crippen molar-refractivity contribution in [3.8, 4) is 5.75 Å². The van der Waals surface area contributed by atoms with E-state index < -0.39 is 12.0 Å². The first-order chi connectivity index (χ1) is 6.97. The second-order valence-corrected chi connectivity index (χ2v) is 4.54. The van der Waals surface area contributed by atoms with E-state index in [1.54, 1.807) is 12.1 Å². The number of carbonyl (C=O) groups is 1. The summed E-state index contributed by atoms with van der Waals surface area (Å²) in [6, 6.07) is 2.28. The van der Waals surface area contributed by atoms with E-state index in [2.05, 4.69) is 36.6 Å². The third-order valence-corrected chi connectivity index (χ3v) is 3.06. The van der Waals surface area contributed by atoms with Gasteiger partial charge in [0.2, 0.25) is 0 Å². The molecule has 7 heteroatoms. The number of phenols is 1. The standard InChI is InChI=1S/C9H9Br2NO3.ClH/c1-15-9(14)7(12)4-2-5(10)8(13)6(11)3-4;/h2-3,7,13H,12H2,1H3;1H/t7-;/m0./s1. The quantitative estimate of drug-likeness (QED) is 0.779. The Bertz CT molecular complexity index is 377. The number of halogens is 3. The highest BCUT2D eigenvalue weighted by Crippen LogP contribution is 2.34. The lowest BCUT2D eigenvalue weighted by Gasteiger charge is -2.11. The molecule has 1 atom stereocenters. The Morgan fingerprint density at radius 3 is 2.25 bits per heavy atom. The zero-order valence-electron chi connectivity index (χ0n) is 8.24. The molecular formula is C9H10Br2ClNO3. The highest BCUT2D eigenvalue weighted by atomic mass is 79.9. The van der Waals surface area contributed by atoms with Crippen molar-refractivity contribution in [3.63, 3.8) is 0 Å². The molecule has 4 nitrogen and oxygen atoms in total. The fourth-order valence-corrected chi connectivity index (χ4v) is 2.25. The molecule has 0 aliphatic carbocycles. The number of nitrogens with two attached hydrogens (primary N) is 1. The fraction of sp³-hybridized carbons (Fsp3) is 0.222. The van der Waals surface area contributed by atoms with Crippen LogP contribution in [0.2, 0.25) is 0 Å². The van der Waals surface area contributed by atoms with Crippen molar-refractivity contribution in [2.45, 2.75) is 6.04 Å². The van der Waals surface area contributed by atoms with Gasteiger partial charge in [-0.15, -0.1) is 12.4 Å². The lowest BCUT2D eigenvalue weighted by Crippen LogP contribution is -2.22. The summed E-state index contributed by atoms with van der Waals surface area (Å²) in [5, 5.41) is 9.46. The van der Waals surface area contributed by atoms with Gasteiger partial charge in [0.05, 0.1) is 16.1 Å². The maximum Gasteiger partial charge on any atom is 0.327 e. The number of carbonyl (C=O) groups excluding carboxylic acids is 1. The molecule has 0 spiro atoms. The maximum absolute atomic E-state index is 11.2. The topological polar surface area (TPSA) is 72.5 Å². The normalized spacial score (nSPS) is 11.5. The van der Waals surface area contributed by atoms with Gasteiger partial charge in [0, 0.05) is 0 Å². The van der Waals surface area contributed by atoms with Gasteiger partial charge in [0.25, 0.3) is 0 Å². The first-order valence-electron chi connectivity index (χ1n) is 3.98. The number of methoxy groups -OCH3 is 1. The number of hydrogen-bond donors (Lipinski definition) is 2. The van der Waals surface area contributed by atoms with Crippen molar-refractivity contribution in [1.29, 1.82) is 0 Å². The third-order valence-electron chi connectivity index (χ3n) is 1.85. The number of esters is 1. The van der Waals surface area contributed by atoms with Crippen LogP contribution in [0.1, 0.15) is 11.6 Å². The first-order valence-corrected chi connectivity index (χ1v) is 5.57. The van der Waals surface area contributed by atoms with Gasteiger partial charge >= 0.3 is 5.97 Å². The average molecular weight is 375 g/mol. The predicted octanol–water partition coefficient (Wildman–Crippen LogP) is 2.51. The molecule has 0 aliphatic rings. The molecule has 0 bridgehead atoms. The highest BCUT2D eigenvalue weighted by molar-refractivity contribution is 9.11. The number of phenolic OH excluding ortho intramolecular Hbond substituents is 1. The fourth-order valence-electron chi connectivity index (χ4n) is 1.03. The van der Waals surface area contributed by atoms with Gasteiger partial charge < -0.3 is 15.6 Å². The molecule has 16 heavy (non-hydrogen) atoms. The average Bonchev–Trinajstić information content (AvgIpc) is 2.23. The van der Waals surface area contributed by atoms with E-state index in [0.717, 1.165) is 0 Å². The first kappa shape index (κ1) is 15.7. The van der Waals surface area contributed by atoms with Crippen molar-refractivity contribution in [1.82, 2.24) is 0 Å². The van der Waals surface area contributed by atoms with Crippen LogP contribution in [-0.4, -0.2) is 18.2 Å². The Labute approximate surface area is 116 Å². The van der Waals surface area contributed by atoms with Gasteiger partial charge in [-0.25, -0.2) is 0 Å². The molecule has 1 aromatic rings. The second kappa shape index (κ2) is 6.44. The van der Waals surface area contributed by atoms with Crippen LogP contribution in [0.25, 0.3) is 0 Å². The van der Waals surface area contributed by atoms with Crippen molar-refractivity contribution in [2.75, 3.05) is 7.11 Å². The monoisotopic (exact) mass is 373 g/mol. The van der Waals surface area contributed by atoms with E-state index in [1.165, 1.54) is 7.11 Å². The molecule has 0 unspecified atom stereocenters. The molecule has 0 radical (unpaired) electrons. The SMILES string of the molecule is COC(=O)[C@@H](N)c1cc(Br)c(O)c(Br)c1.Cl. The van der Waals surface area contributed by atoms with E-state index in [0.29, 0.717) is 14.5 Å². The number of benzene rings is 1. The Morgan fingerprint density at radius 2 is 1.88 bits per heavy atom. The number of rotatable bonds is 2. The Balaban J connectivity index is 0.00000225. The Hall–Kier alpha value is -0.300. The molecule has 3 N–H and O–H groups in total. The maximum atomic E-state index is 11.2. The molecule has 90 valence electrons. The van der Waals surface area contributed by atoms with Crippen LogP contribution in [0.5, 0.6) is 5.75 Å². The van der Waals surface area contributed by atoms with E-state index in [4.69, 9.17) is 5.73 Å². The summed E-state index contributed by atoms with van der Waals surface area (Å²) in [5.74, 6) is -0.463. The molecule has 0 amide bonds. The van der Waals surface area contributed by atoms with Gasteiger partial charge in [-0.3, -0.25) is 4.79 Å². The molecule has 1 rings (SSSR count). The van der Waals surface area contributed by atoms with E-state index in [-0.39, 0.29) is 18.2 Å². The summed E-state index contributed by atoms with van der Waals surface area (Å²) in [7, 11) is 1.27. The van der Waals surface area contributed by atoms with Crippen LogP contribution in [0.4, 0.5) is 0 Å². The molecule has 1 aromatic carbocycles. The summed E-state index contributed by atoms with van der Waals surface area (Å²) in [4.78, 5) is 11.2. The lowest BCUT2D eigenvalue weighted by molar-refractivity contribution is -0.142. The van der Waals surface area contributed by atoms with Crippen LogP contribution in [0.15, 0.2) is 21.1 Å². The lowest BCUT2D eigenvalue weighted by atomic mass is 10.1. The summed E-state index contributed by atoms with van der Waals surface area (Å²) >= 11 is 6.30. The summed E-state index contributed by atoms with van der Waals surface area (Å²) < 4.78 is 5.45. The zero-order valence-corrected chi connectivity index (χ0v) is 12.2. The van der Waals surface area contributed by atoms with Crippen LogP contribution < -0.4 is 5.73 Å². The third kappa shape index (κ3) is 3.35. The molecule has 0 fully saturated rings. The minimum atomic E-state index is -0.858. The number of ether oxygens (including phenoxy) is 1. The minimum Gasteiger partial charge on any atom is -0.506 e. The van der Waals surface area contributed by atoms with E-state index >= 15 is 0 Å². The highest BCUT2D eigenvalue weighted by Gasteiger charge is 2.18. The van der Waals surface area contributed by atoms with Crippen LogP contribution in [-0.2, 0) is 9.53 Å². The van der Waals surface area contributed by atoms with Gasteiger partial charge in [-0.2, -0.15) is 0 Å². The van der Waals surface area contributed by atoms with Crippen LogP contribution in [0, 0.1) is 0 Å².